The molecule has 0 aromatic rings. The van der Waals surface area contributed by atoms with Crippen LogP contribution in [-0.4, -0.2) is 34.6 Å². The lowest BCUT2D eigenvalue weighted by molar-refractivity contribution is -0.155. The first-order chi connectivity index (χ1) is 10.7. The van der Waals surface area contributed by atoms with Gasteiger partial charge in [-0.05, 0) is 55.8 Å². The monoisotopic (exact) mass is 317 g/mol. The van der Waals surface area contributed by atoms with Crippen molar-refractivity contribution in [3.05, 3.63) is 12.2 Å². The van der Waals surface area contributed by atoms with Gasteiger partial charge in [-0.1, -0.05) is 32.9 Å². The lowest BCUT2D eigenvalue weighted by Gasteiger charge is -2.57. The van der Waals surface area contributed by atoms with Gasteiger partial charge in [0.05, 0.1) is 12.6 Å². The van der Waals surface area contributed by atoms with Gasteiger partial charge in [0.15, 0.2) is 0 Å². The van der Waals surface area contributed by atoms with Crippen LogP contribution in [0, 0.1) is 17.3 Å². The second-order valence-corrected chi connectivity index (χ2v) is 9.58. The SMILES string of the molecule is CC(=O)N1C[C@]23C=C[C@H](C[C@H]2CC12CCC(C(C)(C)C)CC2)O3. The standard InChI is InChI=1S/C20H31NO2/c1-14(22)21-13-20-10-7-17(23-20)11-16(20)12-19(21)8-5-15(6-9-19)18(2,3)4/h7,10,15-17H,5-6,8-9,11-13H2,1-4H3/t15?,16-,17+,19?,20+/m0/s1. The van der Waals surface area contributed by atoms with Crippen molar-refractivity contribution in [2.24, 2.45) is 17.3 Å². The topological polar surface area (TPSA) is 29.5 Å². The van der Waals surface area contributed by atoms with Crippen LogP contribution in [0.4, 0.5) is 0 Å². The zero-order chi connectivity index (χ0) is 16.5. The number of likely N-dealkylation sites (tertiary alicyclic amines) is 1. The molecule has 3 atom stereocenters. The molecule has 0 aromatic carbocycles. The number of nitrogens with zero attached hydrogens (tertiary/aromatic N) is 1. The molecule has 0 unspecified atom stereocenters. The van der Waals surface area contributed by atoms with Gasteiger partial charge >= 0.3 is 0 Å². The van der Waals surface area contributed by atoms with Gasteiger partial charge in [0.1, 0.15) is 5.60 Å². The zero-order valence-corrected chi connectivity index (χ0v) is 15.1. The summed E-state index contributed by atoms with van der Waals surface area (Å²) in [5, 5.41) is 0. The van der Waals surface area contributed by atoms with E-state index >= 15 is 0 Å². The number of rotatable bonds is 0. The second kappa shape index (κ2) is 4.84. The van der Waals surface area contributed by atoms with Crippen molar-refractivity contribution in [2.75, 3.05) is 6.54 Å². The van der Waals surface area contributed by atoms with Crippen LogP contribution in [0.25, 0.3) is 0 Å². The van der Waals surface area contributed by atoms with Crippen LogP contribution in [0.2, 0.25) is 0 Å². The number of ether oxygens (including phenoxy) is 1. The largest absolute Gasteiger partial charge is 0.361 e. The number of hydrogen-bond acceptors (Lipinski definition) is 2. The predicted octanol–water partition coefficient (Wildman–Crippen LogP) is 3.93. The van der Waals surface area contributed by atoms with Crippen LogP contribution < -0.4 is 0 Å². The fourth-order valence-corrected chi connectivity index (χ4v) is 5.87. The molecule has 0 aromatic heterocycles. The fourth-order valence-electron chi connectivity index (χ4n) is 5.87. The summed E-state index contributed by atoms with van der Waals surface area (Å²) in [6.07, 6.45) is 11.9. The van der Waals surface area contributed by atoms with E-state index in [1.54, 1.807) is 6.92 Å². The Morgan fingerprint density at radius 2 is 1.96 bits per heavy atom. The van der Waals surface area contributed by atoms with Gasteiger partial charge in [0, 0.05) is 12.5 Å². The van der Waals surface area contributed by atoms with Crippen molar-refractivity contribution >= 4 is 5.91 Å². The number of carbonyl (C=O) groups excluding carboxylic acids is 1. The summed E-state index contributed by atoms with van der Waals surface area (Å²) in [6.45, 7) is 9.62. The molecule has 3 aliphatic heterocycles. The van der Waals surface area contributed by atoms with Crippen LogP contribution in [0.15, 0.2) is 12.2 Å². The fraction of sp³-hybridized carbons (Fsp3) is 0.850. The van der Waals surface area contributed by atoms with E-state index in [0.717, 1.165) is 25.3 Å². The van der Waals surface area contributed by atoms with Crippen LogP contribution in [-0.2, 0) is 9.53 Å². The van der Waals surface area contributed by atoms with Crippen molar-refractivity contribution in [3.8, 4) is 0 Å². The van der Waals surface area contributed by atoms with E-state index < -0.39 is 0 Å². The average Bonchev–Trinajstić information content (AvgIpc) is 3.02. The molecule has 3 heterocycles. The van der Waals surface area contributed by atoms with Gasteiger partial charge in [-0.2, -0.15) is 0 Å². The van der Waals surface area contributed by atoms with Crippen molar-refractivity contribution in [2.45, 2.75) is 83.5 Å². The summed E-state index contributed by atoms with van der Waals surface area (Å²) in [4.78, 5) is 14.7. The van der Waals surface area contributed by atoms with E-state index in [1.807, 2.05) is 0 Å². The Kier molecular flexibility index (Phi) is 3.30. The Balaban J connectivity index is 1.59. The third kappa shape index (κ3) is 2.30. The molecular weight excluding hydrogens is 286 g/mol. The third-order valence-corrected chi connectivity index (χ3v) is 7.30. The smallest absolute Gasteiger partial charge is 0.220 e. The molecule has 4 rings (SSSR count). The van der Waals surface area contributed by atoms with Crippen molar-refractivity contribution in [1.29, 1.82) is 0 Å². The maximum Gasteiger partial charge on any atom is 0.220 e. The van der Waals surface area contributed by atoms with Crippen molar-refractivity contribution in [1.82, 2.24) is 4.90 Å². The van der Waals surface area contributed by atoms with Crippen LogP contribution in [0.1, 0.15) is 66.2 Å². The van der Waals surface area contributed by atoms with Crippen LogP contribution in [0.3, 0.4) is 0 Å². The normalized spacial score (nSPS) is 45.6. The van der Waals surface area contributed by atoms with E-state index in [1.165, 1.54) is 25.7 Å². The first-order valence-corrected chi connectivity index (χ1v) is 9.40. The molecule has 1 amide bonds. The van der Waals surface area contributed by atoms with Crippen LogP contribution >= 0.6 is 0 Å². The molecule has 0 N–H and O–H groups in total. The zero-order valence-electron chi connectivity index (χ0n) is 15.1. The number of amides is 1. The Bertz CT molecular complexity index is 538. The Labute approximate surface area is 140 Å². The molecule has 3 heteroatoms. The van der Waals surface area contributed by atoms with E-state index in [2.05, 4.69) is 37.8 Å². The number of piperidine rings is 1. The highest BCUT2D eigenvalue weighted by atomic mass is 16.5. The van der Waals surface area contributed by atoms with Gasteiger partial charge < -0.3 is 9.64 Å². The number of fused-ring (bicyclic) bond motifs is 1. The summed E-state index contributed by atoms with van der Waals surface area (Å²) in [5.41, 5.74) is 0.324. The van der Waals surface area contributed by atoms with Gasteiger partial charge in [-0.25, -0.2) is 0 Å². The Morgan fingerprint density at radius 1 is 1.26 bits per heavy atom. The predicted molar refractivity (Wildman–Crippen MR) is 91.0 cm³/mol. The first kappa shape index (κ1) is 15.7. The molecule has 3 fully saturated rings. The minimum Gasteiger partial charge on any atom is -0.361 e. The van der Waals surface area contributed by atoms with Crippen LogP contribution in [0.5, 0.6) is 0 Å². The quantitative estimate of drug-likeness (QED) is 0.634. The highest BCUT2D eigenvalue weighted by Gasteiger charge is 2.60. The van der Waals surface area contributed by atoms with Gasteiger partial charge in [0.2, 0.25) is 5.91 Å². The molecule has 2 saturated heterocycles. The highest BCUT2D eigenvalue weighted by Crippen LogP contribution is 2.56. The molecule has 23 heavy (non-hydrogen) atoms. The summed E-state index contributed by atoms with van der Waals surface area (Å²) in [5.74, 6) is 1.63. The molecule has 128 valence electrons. The molecule has 2 bridgehead atoms. The van der Waals surface area contributed by atoms with Gasteiger partial charge in [-0.15, -0.1) is 0 Å². The van der Waals surface area contributed by atoms with Gasteiger partial charge in [0.25, 0.3) is 0 Å². The minimum atomic E-state index is -0.164. The Hall–Kier alpha value is -0.830. The van der Waals surface area contributed by atoms with E-state index in [-0.39, 0.29) is 17.0 Å². The molecule has 1 aliphatic carbocycles. The summed E-state index contributed by atoms with van der Waals surface area (Å²) in [7, 11) is 0. The summed E-state index contributed by atoms with van der Waals surface area (Å²) < 4.78 is 6.25. The number of hydrogen-bond donors (Lipinski definition) is 0. The van der Waals surface area contributed by atoms with Crippen molar-refractivity contribution < 1.29 is 9.53 Å². The maximum absolute atomic E-state index is 12.5. The average molecular weight is 317 g/mol. The molecule has 2 spiro atoms. The lowest BCUT2D eigenvalue weighted by Crippen LogP contribution is -2.64. The Morgan fingerprint density at radius 3 is 2.52 bits per heavy atom. The molecule has 0 radical (unpaired) electrons. The summed E-state index contributed by atoms with van der Waals surface area (Å²) in [6, 6.07) is 0. The highest BCUT2D eigenvalue weighted by molar-refractivity contribution is 5.74. The van der Waals surface area contributed by atoms with E-state index in [4.69, 9.17) is 4.74 Å². The second-order valence-electron chi connectivity index (χ2n) is 9.58. The third-order valence-electron chi connectivity index (χ3n) is 7.30. The molecule has 4 aliphatic rings. The minimum absolute atomic E-state index is 0.102. The molecular formula is C20H31NO2. The van der Waals surface area contributed by atoms with Gasteiger partial charge in [-0.3, -0.25) is 4.79 Å². The molecule has 1 saturated carbocycles. The summed E-state index contributed by atoms with van der Waals surface area (Å²) >= 11 is 0. The van der Waals surface area contributed by atoms with E-state index in [0.29, 0.717) is 17.4 Å². The van der Waals surface area contributed by atoms with Crippen molar-refractivity contribution in [3.63, 3.8) is 0 Å². The molecule has 3 nitrogen and oxygen atoms in total. The number of carbonyl (C=O) groups is 1. The first-order valence-electron chi connectivity index (χ1n) is 9.40. The van der Waals surface area contributed by atoms with E-state index in [9.17, 15) is 4.79 Å². The maximum atomic E-state index is 12.5. The lowest BCUT2D eigenvalue weighted by atomic mass is 9.61.